The van der Waals surface area contributed by atoms with Crippen molar-refractivity contribution in [1.29, 1.82) is 0 Å². The number of fused-ring (bicyclic) bond motifs is 1. The Labute approximate surface area is 129 Å². The number of aromatic nitrogens is 3. The normalized spacial score (nSPS) is 19.7. The van der Waals surface area contributed by atoms with Gasteiger partial charge in [-0.25, -0.2) is 0 Å². The quantitative estimate of drug-likeness (QED) is 0.632. The highest BCUT2D eigenvalue weighted by atomic mass is 32.2. The van der Waals surface area contributed by atoms with Crippen molar-refractivity contribution in [2.75, 3.05) is 12.9 Å². The first-order valence-electron chi connectivity index (χ1n) is 7.66. The van der Waals surface area contributed by atoms with Crippen LogP contribution in [0.2, 0.25) is 0 Å². The third-order valence-electron chi connectivity index (χ3n) is 3.95. The van der Waals surface area contributed by atoms with Crippen molar-refractivity contribution in [2.24, 2.45) is 0 Å². The molecule has 2 aliphatic rings. The zero-order valence-corrected chi connectivity index (χ0v) is 13.2. The summed E-state index contributed by atoms with van der Waals surface area (Å²) in [5, 5.41) is 12.8. The number of methoxy groups -OCH3 is 1. The lowest BCUT2D eigenvalue weighted by Gasteiger charge is -2.15. The molecule has 0 saturated heterocycles. The molecule has 1 aliphatic heterocycles. The van der Waals surface area contributed by atoms with E-state index in [1.807, 2.05) is 0 Å². The predicted molar refractivity (Wildman–Crippen MR) is 80.3 cm³/mol. The molecule has 1 fully saturated rings. The predicted octanol–water partition coefficient (Wildman–Crippen LogP) is 1.39. The van der Waals surface area contributed by atoms with Gasteiger partial charge in [0.25, 0.3) is 0 Å². The van der Waals surface area contributed by atoms with E-state index in [1.54, 1.807) is 11.8 Å². The molecule has 1 aromatic rings. The van der Waals surface area contributed by atoms with Gasteiger partial charge in [-0.15, -0.1) is 10.2 Å². The molecule has 0 aromatic carbocycles. The maximum Gasteiger partial charge on any atom is 0.323 e. The van der Waals surface area contributed by atoms with E-state index in [4.69, 9.17) is 4.74 Å². The van der Waals surface area contributed by atoms with E-state index in [9.17, 15) is 4.79 Å². The van der Waals surface area contributed by atoms with Crippen molar-refractivity contribution in [3.05, 3.63) is 5.82 Å². The summed E-state index contributed by atoms with van der Waals surface area (Å²) in [5.74, 6) is 1.53. The van der Waals surface area contributed by atoms with E-state index in [1.165, 1.54) is 26.4 Å². The number of hydrogen-bond acceptors (Lipinski definition) is 6. The molecule has 1 saturated carbocycles. The van der Waals surface area contributed by atoms with Gasteiger partial charge in [-0.3, -0.25) is 4.79 Å². The fraction of sp³-hybridized carbons (Fsp3) is 0.786. The minimum Gasteiger partial charge on any atom is -0.468 e. The number of thioether (sulfide) groups is 1. The molecule has 0 amide bonds. The topological polar surface area (TPSA) is 69.0 Å². The van der Waals surface area contributed by atoms with Crippen LogP contribution >= 0.6 is 11.8 Å². The van der Waals surface area contributed by atoms with Crippen LogP contribution < -0.4 is 5.32 Å². The first-order valence-corrected chi connectivity index (χ1v) is 8.65. The summed E-state index contributed by atoms with van der Waals surface area (Å²) in [6, 6.07) is 0.219. The molecule has 3 rings (SSSR count). The third kappa shape index (κ3) is 3.77. The molecule has 6 nitrogen and oxygen atoms in total. The second-order valence-electron chi connectivity index (χ2n) is 5.69. The zero-order valence-electron chi connectivity index (χ0n) is 12.4. The molecule has 1 aliphatic carbocycles. The number of carbonyl (C=O) groups is 1. The second kappa shape index (κ2) is 6.79. The standard InChI is InChI=1S/C14H22N4O2S/c1-20-13(19)11(15-10-6-7-10)9-21-14-17-16-12-5-3-2-4-8-18(12)14/h10-11,15H,2-9H2,1H3. The Bertz CT molecular complexity index is 501. The van der Waals surface area contributed by atoms with Crippen LogP contribution in [0.1, 0.15) is 37.9 Å². The highest BCUT2D eigenvalue weighted by Gasteiger charge is 2.29. The van der Waals surface area contributed by atoms with Crippen LogP contribution in [0.4, 0.5) is 0 Å². The number of carbonyl (C=O) groups excluding carboxylic acids is 1. The minimum atomic E-state index is -0.258. The maximum absolute atomic E-state index is 11.8. The van der Waals surface area contributed by atoms with Crippen LogP contribution in [-0.4, -0.2) is 45.7 Å². The summed E-state index contributed by atoms with van der Waals surface area (Å²) in [4.78, 5) is 11.8. The van der Waals surface area contributed by atoms with Crippen LogP contribution in [0, 0.1) is 0 Å². The summed E-state index contributed by atoms with van der Waals surface area (Å²) in [7, 11) is 1.44. The van der Waals surface area contributed by atoms with Gasteiger partial charge < -0.3 is 14.6 Å². The van der Waals surface area contributed by atoms with E-state index >= 15 is 0 Å². The van der Waals surface area contributed by atoms with Gasteiger partial charge in [0, 0.05) is 24.8 Å². The van der Waals surface area contributed by atoms with Gasteiger partial charge in [0.15, 0.2) is 5.16 Å². The van der Waals surface area contributed by atoms with Gasteiger partial charge in [-0.05, 0) is 25.7 Å². The molecule has 1 unspecified atom stereocenters. The Morgan fingerprint density at radius 2 is 2.29 bits per heavy atom. The highest BCUT2D eigenvalue weighted by Crippen LogP contribution is 2.24. The van der Waals surface area contributed by atoms with Crippen LogP contribution in [0.3, 0.4) is 0 Å². The molecule has 0 spiro atoms. The van der Waals surface area contributed by atoms with Gasteiger partial charge in [0.1, 0.15) is 11.9 Å². The molecule has 21 heavy (non-hydrogen) atoms. The number of rotatable bonds is 6. The summed E-state index contributed by atoms with van der Waals surface area (Å²) in [5.41, 5.74) is 0. The summed E-state index contributed by atoms with van der Waals surface area (Å²) >= 11 is 1.60. The van der Waals surface area contributed by atoms with E-state index in [0.717, 1.165) is 36.8 Å². The van der Waals surface area contributed by atoms with Crippen LogP contribution in [-0.2, 0) is 22.5 Å². The number of ether oxygens (including phenoxy) is 1. The molecule has 7 heteroatoms. The van der Waals surface area contributed by atoms with Gasteiger partial charge >= 0.3 is 5.97 Å². The number of hydrogen-bond donors (Lipinski definition) is 1. The van der Waals surface area contributed by atoms with Crippen molar-refractivity contribution in [3.8, 4) is 0 Å². The van der Waals surface area contributed by atoms with Gasteiger partial charge in [-0.2, -0.15) is 0 Å². The van der Waals surface area contributed by atoms with Crippen molar-refractivity contribution in [3.63, 3.8) is 0 Å². The maximum atomic E-state index is 11.8. The molecule has 2 heterocycles. The van der Waals surface area contributed by atoms with E-state index in [2.05, 4.69) is 20.1 Å². The second-order valence-corrected chi connectivity index (χ2v) is 6.68. The van der Waals surface area contributed by atoms with Crippen molar-refractivity contribution in [2.45, 2.75) is 62.3 Å². The third-order valence-corrected chi connectivity index (χ3v) is 5.01. The highest BCUT2D eigenvalue weighted by molar-refractivity contribution is 7.99. The van der Waals surface area contributed by atoms with E-state index in [-0.39, 0.29) is 12.0 Å². The SMILES string of the molecule is COC(=O)C(CSc1nnc2n1CCCCC2)NC1CC1. The lowest BCUT2D eigenvalue weighted by atomic mass is 10.2. The fourth-order valence-corrected chi connectivity index (χ4v) is 3.58. The van der Waals surface area contributed by atoms with Gasteiger partial charge in [0.2, 0.25) is 0 Å². The summed E-state index contributed by atoms with van der Waals surface area (Å²) in [6.45, 7) is 0.990. The van der Waals surface area contributed by atoms with Gasteiger partial charge in [-0.1, -0.05) is 18.2 Å². The Morgan fingerprint density at radius 3 is 3.05 bits per heavy atom. The number of nitrogens with one attached hydrogen (secondary N) is 1. The number of esters is 1. The van der Waals surface area contributed by atoms with Crippen molar-refractivity contribution in [1.82, 2.24) is 20.1 Å². The monoisotopic (exact) mass is 310 g/mol. The average Bonchev–Trinajstić information content (AvgIpc) is 3.28. The van der Waals surface area contributed by atoms with Gasteiger partial charge in [0.05, 0.1) is 7.11 Å². The van der Waals surface area contributed by atoms with Crippen LogP contribution in [0.25, 0.3) is 0 Å². The molecular weight excluding hydrogens is 288 g/mol. The average molecular weight is 310 g/mol. The van der Waals surface area contributed by atoms with E-state index < -0.39 is 0 Å². The molecule has 1 atom stereocenters. The molecular formula is C14H22N4O2S. The molecule has 1 N–H and O–H groups in total. The first-order chi connectivity index (χ1) is 10.3. The Morgan fingerprint density at radius 1 is 1.43 bits per heavy atom. The lowest BCUT2D eigenvalue weighted by Crippen LogP contribution is -2.41. The van der Waals surface area contributed by atoms with Crippen LogP contribution in [0.15, 0.2) is 5.16 Å². The Kier molecular flexibility index (Phi) is 4.80. The molecule has 1 aromatic heterocycles. The number of aryl methyl sites for hydroxylation is 1. The largest absolute Gasteiger partial charge is 0.468 e. The van der Waals surface area contributed by atoms with Crippen molar-refractivity contribution >= 4 is 17.7 Å². The van der Waals surface area contributed by atoms with Crippen LogP contribution in [0.5, 0.6) is 0 Å². The summed E-state index contributed by atoms with van der Waals surface area (Å²) in [6.07, 6.45) is 6.93. The summed E-state index contributed by atoms with van der Waals surface area (Å²) < 4.78 is 7.10. The number of nitrogens with zero attached hydrogens (tertiary/aromatic N) is 3. The molecule has 0 radical (unpaired) electrons. The first kappa shape index (κ1) is 14.8. The molecule has 0 bridgehead atoms. The Hall–Kier alpha value is -1.08. The Balaban J connectivity index is 1.62. The molecule has 116 valence electrons. The van der Waals surface area contributed by atoms with Crippen molar-refractivity contribution < 1.29 is 9.53 Å². The zero-order chi connectivity index (χ0) is 14.7. The smallest absolute Gasteiger partial charge is 0.323 e. The minimum absolute atomic E-state index is 0.190. The fourth-order valence-electron chi connectivity index (χ4n) is 2.58. The van der Waals surface area contributed by atoms with E-state index in [0.29, 0.717) is 11.8 Å². The lowest BCUT2D eigenvalue weighted by molar-refractivity contribution is -0.142.